The van der Waals surface area contributed by atoms with E-state index in [2.05, 4.69) is 26.3 Å². The van der Waals surface area contributed by atoms with E-state index in [0.29, 0.717) is 0 Å². The molecule has 0 saturated heterocycles. The van der Waals surface area contributed by atoms with Gasteiger partial charge >= 0.3 is 6.03 Å². The van der Waals surface area contributed by atoms with Crippen molar-refractivity contribution in [2.75, 3.05) is 16.8 Å². The number of anilines is 2. The number of hydrogen-bond acceptors (Lipinski definition) is 4. The number of fused-ring (bicyclic) bond motifs is 2. The molecule has 27 heavy (non-hydrogen) atoms. The molecule has 4 aromatic rings. The van der Waals surface area contributed by atoms with E-state index in [0.717, 1.165) is 52.6 Å². The van der Waals surface area contributed by atoms with Crippen LogP contribution in [-0.2, 0) is 6.42 Å². The van der Waals surface area contributed by atoms with E-state index in [1.807, 2.05) is 46.7 Å². The molecule has 6 nitrogen and oxygen atoms in total. The molecule has 7 heteroatoms. The summed E-state index contributed by atoms with van der Waals surface area (Å²) in [7, 11) is 0. The van der Waals surface area contributed by atoms with Crippen molar-refractivity contribution in [3.05, 3.63) is 59.6 Å². The number of urea groups is 1. The Morgan fingerprint density at radius 3 is 3.04 bits per heavy atom. The van der Waals surface area contributed by atoms with Crippen LogP contribution in [0.15, 0.2) is 54.0 Å². The largest absolute Gasteiger partial charge is 0.336 e. The first kappa shape index (κ1) is 16.0. The number of aromatic amines is 1. The summed E-state index contributed by atoms with van der Waals surface area (Å²) in [5.74, 6) is 0.744. The number of thiazole rings is 1. The zero-order valence-corrected chi connectivity index (χ0v) is 15.3. The number of rotatable bonds is 2. The molecule has 5 rings (SSSR count). The smallest absolute Gasteiger partial charge is 0.326 e. The van der Waals surface area contributed by atoms with Gasteiger partial charge < -0.3 is 10.3 Å². The number of aromatic nitrogens is 3. The van der Waals surface area contributed by atoms with Crippen molar-refractivity contribution in [3.63, 3.8) is 0 Å². The summed E-state index contributed by atoms with van der Waals surface area (Å²) < 4.78 is 0. The van der Waals surface area contributed by atoms with Gasteiger partial charge in [0.25, 0.3) is 0 Å². The maximum Gasteiger partial charge on any atom is 0.326 e. The van der Waals surface area contributed by atoms with Gasteiger partial charge in [-0.25, -0.2) is 14.8 Å². The highest BCUT2D eigenvalue weighted by Crippen LogP contribution is 2.28. The Bertz CT molecular complexity index is 1120. The number of aryl methyl sites for hydroxylation is 1. The molecule has 0 aliphatic carbocycles. The SMILES string of the molecule is O=C(Nc1ccc2nc(-c3nccs3)[nH]c2c1)N1CCCc2ccccc21. The van der Waals surface area contributed by atoms with Crippen molar-refractivity contribution in [2.24, 2.45) is 0 Å². The maximum atomic E-state index is 12.8. The van der Waals surface area contributed by atoms with Crippen LogP contribution in [0.2, 0.25) is 0 Å². The molecule has 134 valence electrons. The van der Waals surface area contributed by atoms with Crippen LogP contribution < -0.4 is 10.2 Å². The summed E-state index contributed by atoms with van der Waals surface area (Å²) in [5.41, 5.74) is 4.68. The van der Waals surface area contributed by atoms with Crippen LogP contribution >= 0.6 is 11.3 Å². The molecule has 0 fully saturated rings. The van der Waals surface area contributed by atoms with Crippen LogP contribution in [0.4, 0.5) is 16.2 Å². The number of carbonyl (C=O) groups is 1. The lowest BCUT2D eigenvalue weighted by atomic mass is 10.0. The van der Waals surface area contributed by atoms with Crippen molar-refractivity contribution < 1.29 is 4.79 Å². The predicted octanol–water partition coefficient (Wildman–Crippen LogP) is 4.67. The Labute approximate surface area is 159 Å². The standard InChI is InChI=1S/C20H17N5OS/c26-20(25-10-3-5-13-4-1-2-6-17(13)25)22-14-7-8-15-16(12-14)24-18(23-15)19-21-9-11-27-19/h1-2,4,6-9,11-12H,3,5,10H2,(H,22,26)(H,23,24). The van der Waals surface area contributed by atoms with Crippen LogP contribution in [0.1, 0.15) is 12.0 Å². The first-order chi connectivity index (χ1) is 13.3. The van der Waals surface area contributed by atoms with Crippen molar-refractivity contribution in [3.8, 4) is 10.8 Å². The van der Waals surface area contributed by atoms with E-state index < -0.39 is 0 Å². The minimum absolute atomic E-state index is 0.110. The van der Waals surface area contributed by atoms with Gasteiger partial charge in [-0.2, -0.15) is 0 Å². The van der Waals surface area contributed by atoms with Gasteiger partial charge in [-0.15, -0.1) is 11.3 Å². The number of para-hydroxylation sites is 1. The van der Waals surface area contributed by atoms with E-state index in [-0.39, 0.29) is 6.03 Å². The zero-order chi connectivity index (χ0) is 18.2. The predicted molar refractivity (Wildman–Crippen MR) is 108 cm³/mol. The Balaban J connectivity index is 1.41. The molecule has 1 aliphatic rings. The third kappa shape index (κ3) is 2.96. The molecule has 1 aliphatic heterocycles. The number of hydrogen-bond donors (Lipinski definition) is 2. The molecule has 0 saturated carbocycles. The number of nitrogens with zero attached hydrogens (tertiary/aromatic N) is 3. The number of H-pyrrole nitrogens is 1. The van der Waals surface area contributed by atoms with E-state index in [1.165, 1.54) is 16.9 Å². The molecule has 0 bridgehead atoms. The lowest BCUT2D eigenvalue weighted by Crippen LogP contribution is -2.38. The third-order valence-electron chi connectivity index (χ3n) is 4.72. The van der Waals surface area contributed by atoms with Crippen molar-refractivity contribution in [2.45, 2.75) is 12.8 Å². The van der Waals surface area contributed by atoms with Crippen LogP contribution in [0.25, 0.3) is 21.9 Å². The summed E-state index contributed by atoms with van der Waals surface area (Å²) in [5, 5.41) is 5.78. The van der Waals surface area contributed by atoms with Gasteiger partial charge in [0.2, 0.25) is 0 Å². The second kappa shape index (κ2) is 6.51. The van der Waals surface area contributed by atoms with Gasteiger partial charge in [0.1, 0.15) is 0 Å². The molecule has 3 heterocycles. The molecular weight excluding hydrogens is 358 g/mol. The van der Waals surface area contributed by atoms with Crippen LogP contribution in [0, 0.1) is 0 Å². The molecule has 0 unspecified atom stereocenters. The van der Waals surface area contributed by atoms with Gasteiger partial charge in [0.05, 0.1) is 11.0 Å². The van der Waals surface area contributed by atoms with Crippen LogP contribution in [0.5, 0.6) is 0 Å². The Kier molecular flexibility index (Phi) is 3.86. The maximum absolute atomic E-state index is 12.8. The van der Waals surface area contributed by atoms with Crippen molar-refractivity contribution in [1.29, 1.82) is 0 Å². The van der Waals surface area contributed by atoms with Crippen LogP contribution in [-0.4, -0.2) is 27.5 Å². The highest BCUT2D eigenvalue weighted by molar-refractivity contribution is 7.13. The molecule has 2 aromatic heterocycles. The van der Waals surface area contributed by atoms with E-state index in [9.17, 15) is 4.79 Å². The normalized spacial score (nSPS) is 13.6. The zero-order valence-electron chi connectivity index (χ0n) is 14.5. The second-order valence-corrected chi connectivity index (χ2v) is 7.36. The molecule has 2 amide bonds. The van der Waals surface area contributed by atoms with Gasteiger partial charge in [-0.1, -0.05) is 18.2 Å². The summed E-state index contributed by atoms with van der Waals surface area (Å²) in [4.78, 5) is 26.8. The number of carbonyl (C=O) groups excluding carboxylic acids is 1. The third-order valence-corrected chi connectivity index (χ3v) is 5.50. The lowest BCUT2D eigenvalue weighted by Gasteiger charge is -2.29. The monoisotopic (exact) mass is 375 g/mol. The van der Waals surface area contributed by atoms with Gasteiger partial charge in [-0.3, -0.25) is 4.90 Å². The minimum Gasteiger partial charge on any atom is -0.336 e. The number of imidazole rings is 1. The van der Waals surface area contributed by atoms with Crippen molar-refractivity contribution >= 4 is 39.8 Å². The van der Waals surface area contributed by atoms with Gasteiger partial charge in [0, 0.05) is 29.5 Å². The number of nitrogens with one attached hydrogen (secondary N) is 2. The lowest BCUT2D eigenvalue weighted by molar-refractivity contribution is 0.256. The van der Waals surface area contributed by atoms with Crippen molar-refractivity contribution in [1.82, 2.24) is 15.0 Å². The average molecular weight is 375 g/mol. The first-order valence-corrected chi connectivity index (χ1v) is 9.72. The average Bonchev–Trinajstić information content (AvgIpc) is 3.36. The fraction of sp³-hybridized carbons (Fsp3) is 0.150. The fourth-order valence-corrected chi connectivity index (χ4v) is 4.05. The summed E-state index contributed by atoms with van der Waals surface area (Å²) in [6, 6.07) is 13.7. The topological polar surface area (TPSA) is 73.9 Å². The molecule has 0 atom stereocenters. The fourth-order valence-electron chi connectivity index (χ4n) is 3.46. The van der Waals surface area contributed by atoms with Gasteiger partial charge in [0.15, 0.2) is 10.8 Å². The minimum atomic E-state index is -0.110. The Hall–Kier alpha value is -3.19. The molecule has 0 radical (unpaired) electrons. The van der Waals surface area contributed by atoms with Gasteiger partial charge in [-0.05, 0) is 42.7 Å². The highest BCUT2D eigenvalue weighted by atomic mass is 32.1. The molecular formula is C20H17N5OS. The number of benzene rings is 2. The molecule has 2 aromatic carbocycles. The quantitative estimate of drug-likeness (QED) is 0.535. The molecule has 0 spiro atoms. The Morgan fingerprint density at radius 1 is 1.22 bits per heavy atom. The highest BCUT2D eigenvalue weighted by Gasteiger charge is 2.22. The summed E-state index contributed by atoms with van der Waals surface area (Å²) >= 11 is 1.54. The van der Waals surface area contributed by atoms with E-state index in [1.54, 1.807) is 6.20 Å². The van der Waals surface area contributed by atoms with E-state index in [4.69, 9.17) is 0 Å². The Morgan fingerprint density at radius 2 is 2.15 bits per heavy atom. The summed E-state index contributed by atoms with van der Waals surface area (Å²) in [6.45, 7) is 0.726. The molecule has 2 N–H and O–H groups in total. The second-order valence-electron chi connectivity index (χ2n) is 6.47. The summed E-state index contributed by atoms with van der Waals surface area (Å²) in [6.07, 6.45) is 3.75. The van der Waals surface area contributed by atoms with Crippen LogP contribution in [0.3, 0.4) is 0 Å². The first-order valence-electron chi connectivity index (χ1n) is 8.84. The number of amides is 2. The van der Waals surface area contributed by atoms with E-state index >= 15 is 0 Å².